The van der Waals surface area contributed by atoms with E-state index in [-0.39, 0.29) is 13.0 Å². The SMILES string of the molecule is O=C(O)C1CC(C2(O)OCC(O)C2O)C(=O)N1. The van der Waals surface area contributed by atoms with Gasteiger partial charge in [-0.15, -0.1) is 0 Å². The molecule has 0 bridgehead atoms. The zero-order chi connectivity index (χ0) is 12.8. The highest BCUT2D eigenvalue weighted by molar-refractivity contribution is 5.89. The fourth-order valence-electron chi connectivity index (χ4n) is 2.17. The predicted molar refractivity (Wildman–Crippen MR) is 50.6 cm³/mol. The van der Waals surface area contributed by atoms with Gasteiger partial charge in [0.05, 0.1) is 12.5 Å². The Labute approximate surface area is 95.8 Å². The monoisotopic (exact) mass is 247 g/mol. The molecule has 1 amide bonds. The van der Waals surface area contributed by atoms with Gasteiger partial charge in [-0.2, -0.15) is 0 Å². The molecule has 2 aliphatic heterocycles. The molecule has 5 atom stereocenters. The summed E-state index contributed by atoms with van der Waals surface area (Å²) in [6.07, 6.45) is -3.13. The first-order valence-corrected chi connectivity index (χ1v) is 5.12. The average Bonchev–Trinajstić information content (AvgIpc) is 2.77. The number of ether oxygens (including phenoxy) is 1. The second-order valence-corrected chi connectivity index (χ2v) is 4.26. The smallest absolute Gasteiger partial charge is 0.326 e. The standard InChI is InChI=1S/C9H13NO7/c11-5-2-17-9(16,6(5)12)3-1-4(8(14)15)10-7(3)13/h3-6,11-12,16H,1-2H2,(H,10,13)(H,14,15). The minimum absolute atomic E-state index is 0.200. The van der Waals surface area contributed by atoms with Crippen LogP contribution in [0.25, 0.3) is 0 Å². The van der Waals surface area contributed by atoms with Crippen molar-refractivity contribution in [1.29, 1.82) is 0 Å². The Balaban J connectivity index is 2.18. The molecule has 2 rings (SSSR count). The quantitative estimate of drug-likeness (QED) is 0.351. The summed E-state index contributed by atoms with van der Waals surface area (Å²) in [5.41, 5.74) is 0. The van der Waals surface area contributed by atoms with Gasteiger partial charge in [0.1, 0.15) is 18.2 Å². The highest BCUT2D eigenvalue weighted by Crippen LogP contribution is 2.36. The van der Waals surface area contributed by atoms with Crippen LogP contribution in [0.2, 0.25) is 0 Å². The Morgan fingerprint density at radius 3 is 2.53 bits per heavy atom. The molecule has 0 aromatic carbocycles. The van der Waals surface area contributed by atoms with Crippen molar-refractivity contribution in [3.63, 3.8) is 0 Å². The van der Waals surface area contributed by atoms with Crippen molar-refractivity contribution in [1.82, 2.24) is 5.32 Å². The Kier molecular flexibility index (Phi) is 2.82. The zero-order valence-corrected chi connectivity index (χ0v) is 8.74. The average molecular weight is 247 g/mol. The highest BCUT2D eigenvalue weighted by Gasteiger charge is 2.58. The predicted octanol–water partition coefficient (Wildman–Crippen LogP) is -2.98. The van der Waals surface area contributed by atoms with Crippen LogP contribution in [0, 0.1) is 5.92 Å². The molecule has 8 nitrogen and oxygen atoms in total. The van der Waals surface area contributed by atoms with E-state index in [9.17, 15) is 24.9 Å². The van der Waals surface area contributed by atoms with Gasteiger partial charge in [0.25, 0.3) is 0 Å². The zero-order valence-electron chi connectivity index (χ0n) is 8.74. The van der Waals surface area contributed by atoms with Gasteiger partial charge in [-0.3, -0.25) is 4.79 Å². The van der Waals surface area contributed by atoms with Crippen LogP contribution in [0.1, 0.15) is 6.42 Å². The Bertz CT molecular complexity index is 359. The minimum atomic E-state index is -2.23. The molecule has 0 aromatic rings. The molecule has 0 radical (unpaired) electrons. The lowest BCUT2D eigenvalue weighted by Gasteiger charge is -2.29. The Morgan fingerprint density at radius 1 is 1.47 bits per heavy atom. The summed E-state index contributed by atoms with van der Waals surface area (Å²) < 4.78 is 4.85. The van der Waals surface area contributed by atoms with E-state index in [1.807, 2.05) is 0 Å². The van der Waals surface area contributed by atoms with Crippen molar-refractivity contribution in [3.05, 3.63) is 0 Å². The van der Waals surface area contributed by atoms with Gasteiger partial charge in [-0.1, -0.05) is 0 Å². The molecule has 0 aromatic heterocycles. The maximum atomic E-state index is 11.5. The van der Waals surface area contributed by atoms with E-state index >= 15 is 0 Å². The fraction of sp³-hybridized carbons (Fsp3) is 0.778. The summed E-state index contributed by atoms with van der Waals surface area (Å²) in [5.74, 6) is -5.38. The van der Waals surface area contributed by atoms with Crippen molar-refractivity contribution >= 4 is 11.9 Å². The van der Waals surface area contributed by atoms with E-state index in [1.165, 1.54) is 0 Å². The minimum Gasteiger partial charge on any atom is -0.480 e. The van der Waals surface area contributed by atoms with Crippen LogP contribution in [0.5, 0.6) is 0 Å². The Morgan fingerprint density at radius 2 is 2.12 bits per heavy atom. The van der Waals surface area contributed by atoms with E-state index in [0.29, 0.717) is 0 Å². The molecule has 2 fully saturated rings. The van der Waals surface area contributed by atoms with Gasteiger partial charge >= 0.3 is 5.97 Å². The first-order chi connectivity index (χ1) is 7.86. The van der Waals surface area contributed by atoms with Crippen molar-refractivity contribution in [2.24, 2.45) is 5.92 Å². The molecule has 0 saturated carbocycles. The van der Waals surface area contributed by atoms with Gasteiger partial charge in [0, 0.05) is 0 Å². The summed E-state index contributed by atoms with van der Waals surface area (Å²) in [7, 11) is 0. The summed E-state index contributed by atoms with van der Waals surface area (Å²) in [5, 5.41) is 39.8. The molecule has 2 saturated heterocycles. The third-order valence-corrected chi connectivity index (χ3v) is 3.18. The number of nitrogens with one attached hydrogen (secondary N) is 1. The summed E-state index contributed by atoms with van der Waals surface area (Å²) >= 11 is 0. The molecular formula is C9H13NO7. The normalized spacial score (nSPS) is 45.9. The lowest BCUT2D eigenvalue weighted by atomic mass is 9.90. The molecule has 96 valence electrons. The third-order valence-electron chi connectivity index (χ3n) is 3.18. The lowest BCUT2D eigenvalue weighted by Crippen LogP contribution is -2.51. The van der Waals surface area contributed by atoms with Crippen molar-refractivity contribution in [2.45, 2.75) is 30.5 Å². The van der Waals surface area contributed by atoms with Gasteiger partial charge in [0.2, 0.25) is 11.7 Å². The first-order valence-electron chi connectivity index (χ1n) is 5.12. The van der Waals surface area contributed by atoms with E-state index in [0.717, 1.165) is 0 Å². The lowest BCUT2D eigenvalue weighted by molar-refractivity contribution is -0.242. The maximum Gasteiger partial charge on any atom is 0.326 e. The topological polar surface area (TPSA) is 136 Å². The molecule has 2 aliphatic rings. The number of rotatable bonds is 2. The number of aliphatic hydroxyl groups is 3. The van der Waals surface area contributed by atoms with E-state index in [1.54, 1.807) is 0 Å². The number of amides is 1. The summed E-state index contributed by atoms with van der Waals surface area (Å²) in [4.78, 5) is 22.2. The van der Waals surface area contributed by atoms with E-state index in [4.69, 9.17) is 9.84 Å². The van der Waals surface area contributed by atoms with E-state index in [2.05, 4.69) is 5.32 Å². The van der Waals surface area contributed by atoms with Crippen LogP contribution in [-0.2, 0) is 14.3 Å². The fourth-order valence-corrected chi connectivity index (χ4v) is 2.17. The highest BCUT2D eigenvalue weighted by atomic mass is 16.7. The number of carbonyl (C=O) groups is 2. The molecular weight excluding hydrogens is 234 g/mol. The molecule has 0 spiro atoms. The molecule has 8 heteroatoms. The Hall–Kier alpha value is -1.22. The van der Waals surface area contributed by atoms with Gasteiger partial charge in [-0.25, -0.2) is 4.79 Å². The number of aliphatic hydroxyl groups excluding tert-OH is 2. The number of carboxylic acid groups (broad SMARTS) is 1. The molecule has 5 N–H and O–H groups in total. The van der Waals surface area contributed by atoms with Crippen LogP contribution in [0.15, 0.2) is 0 Å². The molecule has 17 heavy (non-hydrogen) atoms. The second kappa shape index (κ2) is 3.91. The van der Waals surface area contributed by atoms with Gasteiger partial charge in [-0.05, 0) is 6.42 Å². The van der Waals surface area contributed by atoms with Crippen LogP contribution in [0.3, 0.4) is 0 Å². The summed E-state index contributed by atoms with van der Waals surface area (Å²) in [6.45, 7) is -0.306. The van der Waals surface area contributed by atoms with Crippen LogP contribution in [-0.4, -0.2) is 62.9 Å². The number of hydrogen-bond acceptors (Lipinski definition) is 6. The van der Waals surface area contributed by atoms with Gasteiger partial charge < -0.3 is 30.5 Å². The van der Waals surface area contributed by atoms with Crippen LogP contribution >= 0.6 is 0 Å². The molecule has 0 aliphatic carbocycles. The second-order valence-electron chi connectivity index (χ2n) is 4.26. The number of hydrogen-bond donors (Lipinski definition) is 5. The van der Waals surface area contributed by atoms with Crippen molar-refractivity contribution < 1.29 is 34.8 Å². The molecule has 5 unspecified atom stereocenters. The van der Waals surface area contributed by atoms with Crippen molar-refractivity contribution in [2.75, 3.05) is 6.61 Å². The van der Waals surface area contributed by atoms with Crippen molar-refractivity contribution in [3.8, 4) is 0 Å². The van der Waals surface area contributed by atoms with Gasteiger partial charge in [0.15, 0.2) is 0 Å². The number of carboxylic acids is 1. The largest absolute Gasteiger partial charge is 0.480 e. The first kappa shape index (κ1) is 12.2. The maximum absolute atomic E-state index is 11.5. The van der Waals surface area contributed by atoms with Crippen LogP contribution < -0.4 is 5.32 Å². The molecule has 2 heterocycles. The number of aliphatic carboxylic acids is 1. The third kappa shape index (κ3) is 1.78. The summed E-state index contributed by atoms with van der Waals surface area (Å²) in [6, 6.07) is -1.12. The van der Waals surface area contributed by atoms with E-state index < -0.39 is 41.8 Å². The number of carbonyl (C=O) groups excluding carboxylic acids is 1. The van der Waals surface area contributed by atoms with Crippen LogP contribution in [0.4, 0.5) is 0 Å².